The topological polar surface area (TPSA) is 63.6 Å². The van der Waals surface area contributed by atoms with Crippen LogP contribution in [0.5, 0.6) is 0 Å². The van der Waals surface area contributed by atoms with E-state index in [1.54, 1.807) is 6.92 Å². The van der Waals surface area contributed by atoms with Crippen molar-refractivity contribution in [2.24, 2.45) is 5.41 Å². The molecule has 0 aliphatic carbocycles. The normalized spacial score (nSPS) is 12.4. The van der Waals surface area contributed by atoms with Gasteiger partial charge in [0.25, 0.3) is 5.78 Å². The van der Waals surface area contributed by atoms with E-state index in [9.17, 15) is 14.7 Å². The monoisotopic (exact) mass is 214 g/mol. The number of aliphatic hydroxyl groups excluding tert-OH is 1. The van der Waals surface area contributed by atoms with E-state index < -0.39 is 11.8 Å². The molecule has 15 heavy (non-hydrogen) atoms. The fourth-order valence-electron chi connectivity index (χ4n) is 1.01. The van der Waals surface area contributed by atoms with E-state index in [-0.39, 0.29) is 17.8 Å². The molecule has 0 saturated carbocycles. The first-order valence-electron chi connectivity index (χ1n) is 4.87. The Labute approximate surface area is 89.9 Å². The summed E-state index contributed by atoms with van der Waals surface area (Å²) in [5.74, 6) is -1.85. The summed E-state index contributed by atoms with van der Waals surface area (Å²) < 4.78 is 4.49. The number of hydrogen-bond acceptors (Lipinski definition) is 4. The van der Waals surface area contributed by atoms with Gasteiger partial charge in [-0.25, -0.2) is 4.79 Å². The van der Waals surface area contributed by atoms with Crippen molar-refractivity contribution in [1.29, 1.82) is 0 Å². The van der Waals surface area contributed by atoms with E-state index in [0.29, 0.717) is 6.42 Å². The third kappa shape index (κ3) is 6.71. The van der Waals surface area contributed by atoms with Crippen LogP contribution in [0.3, 0.4) is 0 Å². The first-order valence-corrected chi connectivity index (χ1v) is 4.87. The average molecular weight is 214 g/mol. The van der Waals surface area contributed by atoms with E-state index in [4.69, 9.17) is 0 Å². The number of esters is 1. The molecule has 0 spiro atoms. The van der Waals surface area contributed by atoms with E-state index in [1.807, 2.05) is 20.8 Å². The summed E-state index contributed by atoms with van der Waals surface area (Å²) in [6, 6.07) is 0. The SMILES string of the molecule is CCOC(=O)C(=O)C=C(O)CC(C)(C)C. The molecule has 0 fully saturated rings. The van der Waals surface area contributed by atoms with Crippen molar-refractivity contribution in [3.05, 3.63) is 11.8 Å². The number of carbonyl (C=O) groups is 2. The van der Waals surface area contributed by atoms with E-state index >= 15 is 0 Å². The first-order chi connectivity index (χ1) is 6.76. The van der Waals surface area contributed by atoms with E-state index in [1.165, 1.54) is 0 Å². The molecule has 0 heterocycles. The van der Waals surface area contributed by atoms with E-state index in [2.05, 4.69) is 4.74 Å². The molecule has 0 saturated heterocycles. The zero-order valence-corrected chi connectivity index (χ0v) is 9.66. The van der Waals surface area contributed by atoms with Crippen LogP contribution in [0.2, 0.25) is 0 Å². The Morgan fingerprint density at radius 2 is 1.87 bits per heavy atom. The zero-order valence-electron chi connectivity index (χ0n) is 9.66. The van der Waals surface area contributed by atoms with Crippen LogP contribution in [-0.2, 0) is 14.3 Å². The molecule has 0 aromatic heterocycles. The second kappa shape index (κ2) is 5.53. The minimum absolute atomic E-state index is 0.0967. The number of ketones is 1. The van der Waals surface area contributed by atoms with Gasteiger partial charge in [-0.3, -0.25) is 4.79 Å². The predicted molar refractivity (Wildman–Crippen MR) is 56.4 cm³/mol. The van der Waals surface area contributed by atoms with Crippen molar-refractivity contribution in [3.63, 3.8) is 0 Å². The first kappa shape index (κ1) is 13.7. The van der Waals surface area contributed by atoms with Gasteiger partial charge in [0.05, 0.1) is 12.4 Å². The lowest BCUT2D eigenvalue weighted by atomic mass is 9.91. The van der Waals surface area contributed by atoms with Crippen LogP contribution in [-0.4, -0.2) is 23.5 Å². The summed E-state index contributed by atoms with van der Waals surface area (Å²) >= 11 is 0. The van der Waals surface area contributed by atoms with Crippen LogP contribution in [0, 0.1) is 5.41 Å². The smallest absolute Gasteiger partial charge is 0.379 e. The fourth-order valence-corrected chi connectivity index (χ4v) is 1.01. The zero-order chi connectivity index (χ0) is 12.1. The Bertz CT molecular complexity index is 271. The highest BCUT2D eigenvalue weighted by Gasteiger charge is 2.17. The van der Waals surface area contributed by atoms with Gasteiger partial charge in [-0.05, 0) is 12.3 Å². The number of carbonyl (C=O) groups excluding carboxylic acids is 2. The minimum atomic E-state index is -0.932. The third-order valence-electron chi connectivity index (χ3n) is 1.49. The lowest BCUT2D eigenvalue weighted by molar-refractivity contribution is -0.151. The molecule has 0 radical (unpaired) electrons. The highest BCUT2D eigenvalue weighted by atomic mass is 16.5. The van der Waals surface area contributed by atoms with Gasteiger partial charge in [0, 0.05) is 12.5 Å². The summed E-state index contributed by atoms with van der Waals surface area (Å²) in [7, 11) is 0. The molecule has 0 aromatic rings. The maximum absolute atomic E-state index is 11.1. The Morgan fingerprint density at radius 3 is 2.27 bits per heavy atom. The van der Waals surface area contributed by atoms with Crippen LogP contribution >= 0.6 is 0 Å². The van der Waals surface area contributed by atoms with Gasteiger partial charge in [-0.1, -0.05) is 20.8 Å². The van der Waals surface area contributed by atoms with Crippen LogP contribution in [0.15, 0.2) is 11.8 Å². The molecular formula is C11H18O4. The molecule has 0 aliphatic rings. The molecular weight excluding hydrogens is 196 g/mol. The van der Waals surface area contributed by atoms with Crippen LogP contribution in [0.4, 0.5) is 0 Å². The molecule has 4 heteroatoms. The second-order valence-electron chi connectivity index (χ2n) is 4.46. The molecule has 0 unspecified atom stereocenters. The Morgan fingerprint density at radius 1 is 1.33 bits per heavy atom. The summed E-state index contributed by atoms with van der Waals surface area (Å²) in [4.78, 5) is 22.0. The van der Waals surface area contributed by atoms with Gasteiger partial charge in [-0.2, -0.15) is 0 Å². The molecule has 0 amide bonds. The van der Waals surface area contributed by atoms with E-state index in [0.717, 1.165) is 6.08 Å². The summed E-state index contributed by atoms with van der Waals surface area (Å²) in [6.45, 7) is 7.53. The predicted octanol–water partition coefficient (Wildman–Crippen LogP) is 2.00. The summed E-state index contributed by atoms with van der Waals surface area (Å²) in [5.41, 5.74) is -0.129. The molecule has 1 N–H and O–H groups in total. The lowest BCUT2D eigenvalue weighted by Gasteiger charge is -2.16. The van der Waals surface area contributed by atoms with Crippen molar-refractivity contribution in [1.82, 2.24) is 0 Å². The number of allylic oxidation sites excluding steroid dienone is 1. The Hall–Kier alpha value is -1.32. The van der Waals surface area contributed by atoms with Crippen molar-refractivity contribution >= 4 is 11.8 Å². The number of aliphatic hydroxyl groups is 1. The number of ether oxygens (including phenoxy) is 1. The molecule has 4 nitrogen and oxygen atoms in total. The quantitative estimate of drug-likeness (QED) is 0.336. The third-order valence-corrected chi connectivity index (χ3v) is 1.49. The van der Waals surface area contributed by atoms with Crippen molar-refractivity contribution in [3.8, 4) is 0 Å². The van der Waals surface area contributed by atoms with Gasteiger partial charge < -0.3 is 9.84 Å². The standard InChI is InChI=1S/C11H18O4/c1-5-15-10(14)9(13)6-8(12)7-11(2,3)4/h6,12H,5,7H2,1-4H3. The molecule has 0 bridgehead atoms. The van der Waals surface area contributed by atoms with Crippen molar-refractivity contribution < 1.29 is 19.4 Å². The fraction of sp³-hybridized carbons (Fsp3) is 0.636. The average Bonchev–Trinajstić information content (AvgIpc) is 2.00. The molecule has 0 atom stereocenters. The molecule has 0 rings (SSSR count). The number of rotatable bonds is 4. The minimum Gasteiger partial charge on any atom is -0.512 e. The van der Waals surface area contributed by atoms with Gasteiger partial charge in [0.1, 0.15) is 0 Å². The second-order valence-corrected chi connectivity index (χ2v) is 4.46. The molecule has 0 aromatic carbocycles. The van der Waals surface area contributed by atoms with Crippen molar-refractivity contribution in [2.45, 2.75) is 34.1 Å². The van der Waals surface area contributed by atoms with Gasteiger partial charge in [-0.15, -0.1) is 0 Å². The Kier molecular flexibility index (Phi) is 5.05. The largest absolute Gasteiger partial charge is 0.512 e. The summed E-state index contributed by atoms with van der Waals surface area (Å²) in [6.07, 6.45) is 1.27. The highest BCUT2D eigenvalue weighted by Crippen LogP contribution is 2.22. The van der Waals surface area contributed by atoms with Gasteiger partial charge >= 0.3 is 5.97 Å². The molecule has 0 aliphatic heterocycles. The highest BCUT2D eigenvalue weighted by molar-refractivity contribution is 6.38. The van der Waals surface area contributed by atoms with Crippen LogP contribution in [0.1, 0.15) is 34.1 Å². The van der Waals surface area contributed by atoms with Crippen LogP contribution in [0.25, 0.3) is 0 Å². The van der Waals surface area contributed by atoms with Gasteiger partial charge in [0.2, 0.25) is 0 Å². The number of hydrogen-bond donors (Lipinski definition) is 1. The molecule has 86 valence electrons. The summed E-state index contributed by atoms with van der Waals surface area (Å²) in [5, 5.41) is 9.40. The Balaban J connectivity index is 4.36. The maximum Gasteiger partial charge on any atom is 0.379 e. The van der Waals surface area contributed by atoms with Crippen molar-refractivity contribution in [2.75, 3.05) is 6.61 Å². The lowest BCUT2D eigenvalue weighted by Crippen LogP contribution is -2.16. The maximum atomic E-state index is 11.1. The van der Waals surface area contributed by atoms with Crippen LogP contribution < -0.4 is 0 Å². The van der Waals surface area contributed by atoms with Gasteiger partial charge in [0.15, 0.2) is 0 Å².